The molecule has 4 heterocycles. The van der Waals surface area contributed by atoms with Crippen molar-refractivity contribution in [1.29, 1.82) is 0 Å². The number of pyridine rings is 3. The SMILES string of the molecule is Fc1ccc(-c2ccccn2)c(F)c1.Fc1ccc(-c2ccccn2)c(F)c1.[Ir+3].c1ccc(-c2nn[nH]n2)nc1. The van der Waals surface area contributed by atoms with Crippen molar-refractivity contribution in [3.8, 4) is 34.0 Å². The molecule has 0 fully saturated rings. The molecule has 12 heteroatoms. The van der Waals surface area contributed by atoms with Gasteiger partial charge in [-0.25, -0.2) is 17.6 Å². The summed E-state index contributed by atoms with van der Waals surface area (Å²) < 4.78 is 51.7. The van der Waals surface area contributed by atoms with Crippen LogP contribution in [0.15, 0.2) is 110 Å². The van der Waals surface area contributed by atoms with Crippen molar-refractivity contribution in [1.82, 2.24) is 35.6 Å². The van der Waals surface area contributed by atoms with Gasteiger partial charge >= 0.3 is 20.1 Å². The van der Waals surface area contributed by atoms with E-state index >= 15 is 0 Å². The average Bonchev–Trinajstić information content (AvgIpc) is 3.51. The molecule has 1 N–H and O–H groups in total. The monoisotopic (exact) mass is 722 g/mol. The number of hydrogen-bond acceptors (Lipinski definition) is 6. The van der Waals surface area contributed by atoms with Crippen LogP contribution in [0.25, 0.3) is 34.0 Å². The fourth-order valence-electron chi connectivity index (χ4n) is 3.20. The number of aromatic nitrogens is 7. The maximum absolute atomic E-state index is 13.3. The second kappa shape index (κ2) is 15.1. The maximum atomic E-state index is 13.3. The fourth-order valence-corrected chi connectivity index (χ4v) is 3.20. The number of nitrogens with one attached hydrogen (secondary N) is 1. The Labute approximate surface area is 239 Å². The number of nitrogens with zero attached hydrogens (tertiary/aromatic N) is 6. The van der Waals surface area contributed by atoms with Crippen LogP contribution in [0.2, 0.25) is 0 Å². The summed E-state index contributed by atoms with van der Waals surface area (Å²) in [5, 5.41) is 13.3. The zero-order chi connectivity index (χ0) is 27.5. The van der Waals surface area contributed by atoms with Crippen LogP contribution in [-0.4, -0.2) is 35.6 Å². The molecule has 0 aliphatic rings. The van der Waals surface area contributed by atoms with Gasteiger partial charge < -0.3 is 0 Å². The Hall–Kier alpha value is -4.67. The molecule has 0 atom stereocenters. The number of tetrazole rings is 1. The number of halogens is 4. The Bertz CT molecular complexity index is 1510. The summed E-state index contributed by atoms with van der Waals surface area (Å²) in [5.74, 6) is -1.83. The van der Waals surface area contributed by atoms with Crippen LogP contribution in [0.5, 0.6) is 0 Å². The van der Waals surface area contributed by atoms with Crippen LogP contribution >= 0.6 is 0 Å². The molecule has 0 saturated heterocycles. The first-order valence-corrected chi connectivity index (χ1v) is 11.4. The Morgan fingerprint density at radius 2 is 0.975 bits per heavy atom. The van der Waals surface area contributed by atoms with Crippen LogP contribution in [0.3, 0.4) is 0 Å². The van der Waals surface area contributed by atoms with Crippen LogP contribution in [0, 0.1) is 23.3 Å². The van der Waals surface area contributed by atoms with Crippen molar-refractivity contribution in [2.75, 3.05) is 0 Å². The number of H-pyrrole nitrogens is 1. The normalized spacial score (nSPS) is 9.80. The maximum Gasteiger partial charge on any atom is 3.00 e. The summed E-state index contributed by atoms with van der Waals surface area (Å²) in [4.78, 5) is 12.0. The van der Waals surface area contributed by atoms with Crippen molar-refractivity contribution < 1.29 is 37.7 Å². The van der Waals surface area contributed by atoms with Crippen molar-refractivity contribution >= 4 is 0 Å². The summed E-state index contributed by atoms with van der Waals surface area (Å²) in [7, 11) is 0. The summed E-state index contributed by atoms with van der Waals surface area (Å²) in [6, 6.07) is 22.8. The third-order valence-corrected chi connectivity index (χ3v) is 4.98. The largest absolute Gasteiger partial charge is 3.00 e. The second-order valence-electron chi connectivity index (χ2n) is 7.63. The van der Waals surface area contributed by atoms with E-state index in [4.69, 9.17) is 0 Å². The minimum atomic E-state index is -0.594. The third-order valence-electron chi connectivity index (χ3n) is 4.98. The molecule has 40 heavy (non-hydrogen) atoms. The number of aromatic amines is 1. The topological polar surface area (TPSA) is 93.1 Å². The Morgan fingerprint density at radius 3 is 1.32 bits per heavy atom. The van der Waals surface area contributed by atoms with Gasteiger partial charge in [0.15, 0.2) is 0 Å². The zero-order valence-corrected chi connectivity index (χ0v) is 22.8. The smallest absolute Gasteiger partial charge is 0.256 e. The van der Waals surface area contributed by atoms with Crippen molar-refractivity contribution in [3.63, 3.8) is 0 Å². The summed E-state index contributed by atoms with van der Waals surface area (Å²) in [6.45, 7) is 0. The van der Waals surface area contributed by atoms with Gasteiger partial charge in [0.05, 0.1) is 11.4 Å². The molecule has 0 aliphatic carbocycles. The molecular weight excluding hydrogens is 703 g/mol. The number of rotatable bonds is 3. The van der Waals surface area contributed by atoms with E-state index in [0.717, 1.165) is 17.8 Å². The summed E-state index contributed by atoms with van der Waals surface area (Å²) >= 11 is 0. The summed E-state index contributed by atoms with van der Waals surface area (Å²) in [6.07, 6.45) is 4.82. The first-order valence-electron chi connectivity index (χ1n) is 11.4. The minimum absolute atomic E-state index is 0. The van der Waals surface area contributed by atoms with Gasteiger partial charge in [0, 0.05) is 41.9 Å². The molecule has 4 aromatic heterocycles. The van der Waals surface area contributed by atoms with Crippen molar-refractivity contribution in [2.45, 2.75) is 0 Å². The number of benzene rings is 2. The van der Waals surface area contributed by atoms with Gasteiger partial charge in [-0.3, -0.25) is 15.0 Å². The van der Waals surface area contributed by atoms with Crippen molar-refractivity contribution in [3.05, 3.63) is 133 Å². The third kappa shape index (κ3) is 8.42. The van der Waals surface area contributed by atoms with Crippen LogP contribution in [0.1, 0.15) is 0 Å². The van der Waals surface area contributed by atoms with E-state index in [2.05, 4.69) is 35.6 Å². The van der Waals surface area contributed by atoms with Gasteiger partial charge in [-0.05, 0) is 65.9 Å². The van der Waals surface area contributed by atoms with E-state index in [1.165, 1.54) is 24.3 Å². The molecule has 200 valence electrons. The first-order chi connectivity index (χ1) is 19.0. The molecule has 0 unspecified atom stereocenters. The van der Waals surface area contributed by atoms with Crippen molar-refractivity contribution in [2.24, 2.45) is 0 Å². The molecule has 0 radical (unpaired) electrons. The van der Waals surface area contributed by atoms with Crippen LogP contribution in [-0.2, 0) is 20.1 Å². The number of hydrogen-bond donors (Lipinski definition) is 1. The van der Waals surface area contributed by atoms with E-state index < -0.39 is 23.3 Å². The molecule has 6 aromatic rings. The molecule has 0 amide bonds. The predicted molar refractivity (Wildman–Crippen MR) is 137 cm³/mol. The molecule has 0 saturated carbocycles. The molecule has 0 spiro atoms. The predicted octanol–water partition coefficient (Wildman–Crippen LogP) is 6.31. The van der Waals surface area contributed by atoms with E-state index in [-0.39, 0.29) is 20.1 Å². The van der Waals surface area contributed by atoms with E-state index in [0.29, 0.717) is 28.3 Å². The quantitative estimate of drug-likeness (QED) is 0.216. The first kappa shape index (κ1) is 29.9. The fraction of sp³-hybridized carbons (Fsp3) is 0. The Balaban J connectivity index is 0.000000165. The minimum Gasteiger partial charge on any atom is -0.256 e. The van der Waals surface area contributed by atoms with E-state index in [1.807, 2.05) is 18.2 Å². The summed E-state index contributed by atoms with van der Waals surface area (Å²) in [5.41, 5.74) is 2.36. The molecule has 0 bridgehead atoms. The van der Waals surface area contributed by atoms with E-state index in [9.17, 15) is 17.6 Å². The van der Waals surface area contributed by atoms with Gasteiger partial charge in [0.1, 0.15) is 29.0 Å². The second-order valence-corrected chi connectivity index (χ2v) is 7.63. The molecule has 6 rings (SSSR count). The Kier molecular flexibility index (Phi) is 11.2. The van der Waals surface area contributed by atoms with Gasteiger partial charge in [0.2, 0.25) is 5.82 Å². The molecule has 2 aromatic carbocycles. The van der Waals surface area contributed by atoms with Gasteiger partial charge in [0.25, 0.3) is 0 Å². The Morgan fingerprint density at radius 1 is 0.525 bits per heavy atom. The van der Waals surface area contributed by atoms with Gasteiger partial charge in [-0.1, -0.05) is 18.2 Å². The van der Waals surface area contributed by atoms with E-state index in [1.54, 1.807) is 55.0 Å². The van der Waals surface area contributed by atoms with Gasteiger partial charge in [-0.15, -0.1) is 10.2 Å². The average molecular weight is 722 g/mol. The van der Waals surface area contributed by atoms with Crippen LogP contribution < -0.4 is 0 Å². The zero-order valence-electron chi connectivity index (χ0n) is 20.4. The molecule has 0 aliphatic heterocycles. The molecule has 7 nitrogen and oxygen atoms in total. The van der Waals surface area contributed by atoms with Gasteiger partial charge in [-0.2, -0.15) is 5.21 Å². The van der Waals surface area contributed by atoms with Crippen LogP contribution in [0.4, 0.5) is 17.6 Å². The standard InChI is InChI=1S/2C11H7F2N.C6H5N5.Ir/c2*12-8-4-5-9(10(13)7-8)11-3-1-2-6-14-11;1-2-4-7-5(3-1)6-8-10-11-9-6;/h2*1-7H;1-4H,(H,8,9,10,11);/q;;;+3. The molecular formula is C28H19F4IrN7+3.